The Morgan fingerprint density at radius 2 is 2.24 bits per heavy atom. The minimum absolute atomic E-state index is 0.0389. The van der Waals surface area contributed by atoms with Gasteiger partial charge in [-0.2, -0.15) is 0 Å². The van der Waals surface area contributed by atoms with Crippen LogP contribution in [0.5, 0.6) is 0 Å². The lowest BCUT2D eigenvalue weighted by Gasteiger charge is -2.27. The van der Waals surface area contributed by atoms with Crippen LogP contribution in [-0.4, -0.2) is 43.3 Å². The second-order valence-corrected chi connectivity index (χ2v) is 9.23. The number of nitrogens with zero attached hydrogens (tertiary/aromatic N) is 1. The summed E-state index contributed by atoms with van der Waals surface area (Å²) in [4.78, 5) is 14.4. The van der Waals surface area contributed by atoms with Crippen LogP contribution >= 0.6 is 38.5 Å². The van der Waals surface area contributed by atoms with Crippen molar-refractivity contribution in [2.45, 2.75) is 12.5 Å². The maximum Gasteiger partial charge on any atom is 0.255 e. The normalized spacial score (nSPS) is 20.2. The molecule has 1 amide bonds. The van der Waals surface area contributed by atoms with Crippen molar-refractivity contribution in [2.75, 3.05) is 18.1 Å². The molecule has 1 aromatic carbocycles. The molecule has 1 aliphatic heterocycles. The predicted octanol–water partition coefficient (Wildman–Crippen LogP) is 2.87. The monoisotopic (exact) mass is 483 g/mol. The molecule has 0 aromatic heterocycles. The highest BCUT2D eigenvalue weighted by Gasteiger charge is 2.34. The van der Waals surface area contributed by atoms with Crippen LogP contribution in [0.15, 0.2) is 35.3 Å². The highest BCUT2D eigenvalue weighted by atomic mass is 127. The lowest BCUT2D eigenvalue weighted by atomic mass is 10.1. The molecule has 0 saturated carbocycles. The number of hydrogen-bond donors (Lipinski definition) is 0. The summed E-state index contributed by atoms with van der Waals surface area (Å²) in [6.45, 7) is 4.02. The van der Waals surface area contributed by atoms with Gasteiger partial charge in [0.25, 0.3) is 5.91 Å². The third-order valence-corrected chi connectivity index (χ3v) is 6.58. The fraction of sp³-hybridized carbons (Fsp3) is 0.357. The molecule has 1 fully saturated rings. The molecule has 7 heteroatoms. The maximum absolute atomic E-state index is 12.8. The summed E-state index contributed by atoms with van der Waals surface area (Å²) < 4.78 is 25.0. The van der Waals surface area contributed by atoms with E-state index in [-0.39, 0.29) is 23.5 Å². The average Bonchev–Trinajstić information content (AvgIpc) is 2.78. The van der Waals surface area contributed by atoms with Gasteiger partial charge in [-0.3, -0.25) is 4.79 Å². The van der Waals surface area contributed by atoms with E-state index in [2.05, 4.69) is 45.1 Å². The Morgan fingerprint density at radius 1 is 1.52 bits per heavy atom. The Labute approximate surface area is 146 Å². The number of carbonyl (C=O) groups excluding carboxylic acids is 1. The van der Waals surface area contributed by atoms with Crippen molar-refractivity contribution in [1.82, 2.24) is 4.90 Å². The van der Waals surface area contributed by atoms with E-state index in [4.69, 9.17) is 0 Å². The molecule has 4 nitrogen and oxygen atoms in total. The molecule has 1 aromatic rings. The van der Waals surface area contributed by atoms with E-state index in [1.54, 1.807) is 17.0 Å². The Bertz CT molecular complexity index is 675. The van der Waals surface area contributed by atoms with Crippen LogP contribution in [0.3, 0.4) is 0 Å². The topological polar surface area (TPSA) is 54.5 Å². The summed E-state index contributed by atoms with van der Waals surface area (Å²) >= 11 is 5.48. The van der Waals surface area contributed by atoms with Crippen LogP contribution in [0.1, 0.15) is 16.8 Å². The second-order valence-electron chi connectivity index (χ2n) is 4.93. The first kappa shape index (κ1) is 17.0. The Hall–Kier alpha value is -0.410. The van der Waals surface area contributed by atoms with E-state index in [1.165, 1.54) is 0 Å². The first-order chi connectivity index (χ1) is 9.84. The zero-order chi connectivity index (χ0) is 15.6. The number of hydrogen-bond acceptors (Lipinski definition) is 3. The van der Waals surface area contributed by atoms with Crippen LogP contribution in [0.25, 0.3) is 0 Å². The average molecular weight is 484 g/mol. The van der Waals surface area contributed by atoms with Gasteiger partial charge in [-0.1, -0.05) is 22.0 Å². The molecular formula is C14H15BrINO3S. The number of rotatable bonds is 4. The minimum atomic E-state index is -3.03. The Kier molecular flexibility index (Phi) is 5.48. The molecular weight excluding hydrogens is 469 g/mol. The van der Waals surface area contributed by atoms with Gasteiger partial charge >= 0.3 is 0 Å². The van der Waals surface area contributed by atoms with E-state index in [1.807, 2.05) is 12.1 Å². The predicted molar refractivity (Wildman–Crippen MR) is 95.2 cm³/mol. The van der Waals surface area contributed by atoms with Crippen LogP contribution in [-0.2, 0) is 9.84 Å². The third-order valence-electron chi connectivity index (χ3n) is 3.39. The van der Waals surface area contributed by atoms with Crippen molar-refractivity contribution in [1.29, 1.82) is 0 Å². The standard InChI is InChI=1S/C14H15BrINO3S/c1-2-6-17(11-5-7-21(19,20)9-11)14(18)12-8-10(15)3-4-13(12)16/h2-4,8,11H,1,5-7,9H2. The molecule has 0 aliphatic carbocycles. The van der Waals surface area contributed by atoms with Gasteiger partial charge in [0, 0.05) is 20.6 Å². The SMILES string of the molecule is C=CCN(C(=O)c1cc(Br)ccc1I)C1CCS(=O)(=O)C1. The smallest absolute Gasteiger partial charge is 0.255 e. The zero-order valence-electron chi connectivity index (χ0n) is 11.3. The lowest BCUT2D eigenvalue weighted by molar-refractivity contribution is 0.0719. The molecule has 1 saturated heterocycles. The van der Waals surface area contributed by atoms with Crippen molar-refractivity contribution in [3.8, 4) is 0 Å². The number of amides is 1. The van der Waals surface area contributed by atoms with E-state index < -0.39 is 9.84 Å². The molecule has 1 aliphatic rings. The Morgan fingerprint density at radius 3 is 2.81 bits per heavy atom. The first-order valence-corrected chi connectivity index (χ1v) is 10.1. The van der Waals surface area contributed by atoms with Gasteiger partial charge in [-0.05, 0) is 47.2 Å². The zero-order valence-corrected chi connectivity index (χ0v) is 15.8. The van der Waals surface area contributed by atoms with E-state index >= 15 is 0 Å². The van der Waals surface area contributed by atoms with Gasteiger partial charge in [-0.15, -0.1) is 6.58 Å². The lowest BCUT2D eigenvalue weighted by Crippen LogP contribution is -2.41. The number of benzene rings is 1. The summed E-state index contributed by atoms with van der Waals surface area (Å²) in [6.07, 6.45) is 2.13. The second kappa shape index (κ2) is 6.78. The maximum atomic E-state index is 12.8. The van der Waals surface area contributed by atoms with Gasteiger partial charge < -0.3 is 4.90 Å². The highest BCUT2D eigenvalue weighted by Crippen LogP contribution is 2.24. The molecule has 2 rings (SSSR count). The third kappa shape index (κ3) is 4.07. The van der Waals surface area contributed by atoms with Gasteiger partial charge in [0.05, 0.1) is 17.1 Å². The van der Waals surface area contributed by atoms with Gasteiger partial charge in [-0.25, -0.2) is 8.42 Å². The summed E-state index contributed by atoms with van der Waals surface area (Å²) in [5, 5.41) is 0. The van der Waals surface area contributed by atoms with Crippen LogP contribution in [0.4, 0.5) is 0 Å². The molecule has 0 N–H and O–H groups in total. The summed E-state index contributed by atoms with van der Waals surface area (Å²) in [7, 11) is -3.03. The van der Waals surface area contributed by atoms with Crippen LogP contribution in [0, 0.1) is 3.57 Å². The summed E-state index contributed by atoms with van der Waals surface area (Å²) in [5.74, 6) is 0.0356. The molecule has 0 radical (unpaired) electrons. The molecule has 0 spiro atoms. The van der Waals surface area contributed by atoms with Gasteiger partial charge in [0.2, 0.25) is 0 Å². The van der Waals surface area contributed by atoms with Crippen LogP contribution in [0.2, 0.25) is 0 Å². The molecule has 114 valence electrons. The quantitative estimate of drug-likeness (QED) is 0.488. The molecule has 1 heterocycles. The highest BCUT2D eigenvalue weighted by molar-refractivity contribution is 14.1. The van der Waals surface area contributed by atoms with Gasteiger partial charge in [0.15, 0.2) is 9.84 Å². The van der Waals surface area contributed by atoms with Crippen molar-refractivity contribution in [3.63, 3.8) is 0 Å². The van der Waals surface area contributed by atoms with E-state index in [0.29, 0.717) is 18.5 Å². The van der Waals surface area contributed by atoms with Crippen molar-refractivity contribution in [3.05, 3.63) is 44.5 Å². The molecule has 1 atom stereocenters. The van der Waals surface area contributed by atoms with Gasteiger partial charge in [0.1, 0.15) is 0 Å². The molecule has 1 unspecified atom stereocenters. The van der Waals surface area contributed by atoms with Crippen molar-refractivity contribution in [2.24, 2.45) is 0 Å². The minimum Gasteiger partial charge on any atom is -0.331 e. The van der Waals surface area contributed by atoms with Crippen LogP contribution < -0.4 is 0 Å². The Balaban J connectivity index is 2.32. The first-order valence-electron chi connectivity index (χ1n) is 6.41. The largest absolute Gasteiger partial charge is 0.331 e. The number of halogens is 2. The molecule has 21 heavy (non-hydrogen) atoms. The van der Waals surface area contributed by atoms with E-state index in [9.17, 15) is 13.2 Å². The van der Waals surface area contributed by atoms with Crippen molar-refractivity contribution < 1.29 is 13.2 Å². The number of sulfone groups is 1. The fourth-order valence-corrected chi connectivity index (χ4v) is 5.03. The number of carbonyl (C=O) groups is 1. The van der Waals surface area contributed by atoms with E-state index in [0.717, 1.165) is 8.04 Å². The summed E-state index contributed by atoms with van der Waals surface area (Å²) in [5.41, 5.74) is 0.580. The fourth-order valence-electron chi connectivity index (χ4n) is 2.37. The van der Waals surface area contributed by atoms with Crippen molar-refractivity contribution >= 4 is 54.3 Å². The summed E-state index contributed by atoms with van der Waals surface area (Å²) in [6, 6.07) is 5.23. The molecule has 0 bridgehead atoms.